The highest BCUT2D eigenvalue weighted by molar-refractivity contribution is 7.20. The van der Waals surface area contributed by atoms with Gasteiger partial charge in [0, 0.05) is 25.1 Å². The van der Waals surface area contributed by atoms with Gasteiger partial charge in [0.15, 0.2) is 22.2 Å². The molecule has 1 amide bonds. The second kappa shape index (κ2) is 7.53. The summed E-state index contributed by atoms with van der Waals surface area (Å²) in [6.07, 6.45) is 1.27. The number of rotatable bonds is 4. The molecule has 4 heterocycles. The molecule has 1 aromatic carbocycles. The van der Waals surface area contributed by atoms with Crippen LogP contribution in [0.5, 0.6) is 0 Å². The van der Waals surface area contributed by atoms with Crippen LogP contribution in [0.2, 0.25) is 0 Å². The van der Waals surface area contributed by atoms with Crippen molar-refractivity contribution in [2.45, 2.75) is 12.8 Å². The van der Waals surface area contributed by atoms with E-state index in [0.29, 0.717) is 42.4 Å². The standard InChI is InChI=1S/C21H17N3O3S2/c25-19(20-22-14-4-1-2-5-17(14)29-20)13-7-9-24(10-8-13)21(26)15-12-16(27-23-15)18-6-3-11-28-18/h1-6,11-13H,7-10H2. The zero-order valence-corrected chi connectivity index (χ0v) is 17.0. The summed E-state index contributed by atoms with van der Waals surface area (Å²) in [7, 11) is 0. The minimum atomic E-state index is -0.151. The number of piperidine rings is 1. The quantitative estimate of drug-likeness (QED) is 0.443. The number of benzene rings is 1. The number of nitrogens with zero attached hydrogens (tertiary/aromatic N) is 3. The van der Waals surface area contributed by atoms with E-state index in [1.54, 1.807) is 11.0 Å². The van der Waals surface area contributed by atoms with Crippen molar-refractivity contribution >= 4 is 44.6 Å². The number of thiophene rings is 1. The van der Waals surface area contributed by atoms with Crippen LogP contribution >= 0.6 is 22.7 Å². The minimum absolute atomic E-state index is 0.0831. The van der Waals surface area contributed by atoms with E-state index in [-0.39, 0.29) is 17.6 Å². The van der Waals surface area contributed by atoms with Gasteiger partial charge >= 0.3 is 0 Å². The van der Waals surface area contributed by atoms with Gasteiger partial charge in [0.25, 0.3) is 5.91 Å². The third-order valence-corrected chi connectivity index (χ3v) is 7.09. The Morgan fingerprint density at radius 3 is 2.69 bits per heavy atom. The van der Waals surface area contributed by atoms with Gasteiger partial charge in [0.1, 0.15) is 0 Å². The van der Waals surface area contributed by atoms with E-state index in [1.807, 2.05) is 41.8 Å². The number of para-hydroxylation sites is 1. The number of hydrogen-bond acceptors (Lipinski definition) is 7. The minimum Gasteiger partial charge on any atom is -0.355 e. The van der Waals surface area contributed by atoms with Gasteiger partial charge in [0.2, 0.25) is 0 Å². The Morgan fingerprint density at radius 1 is 1.10 bits per heavy atom. The van der Waals surface area contributed by atoms with E-state index < -0.39 is 0 Å². The monoisotopic (exact) mass is 423 g/mol. The Kier molecular flexibility index (Phi) is 4.73. The van der Waals surface area contributed by atoms with Crippen molar-refractivity contribution in [2.24, 2.45) is 5.92 Å². The van der Waals surface area contributed by atoms with Crippen LogP contribution in [0.1, 0.15) is 33.1 Å². The Balaban J connectivity index is 1.24. The summed E-state index contributed by atoms with van der Waals surface area (Å²) in [6, 6.07) is 13.3. The van der Waals surface area contributed by atoms with Crippen LogP contribution in [0.3, 0.4) is 0 Å². The van der Waals surface area contributed by atoms with Gasteiger partial charge < -0.3 is 9.42 Å². The number of hydrogen-bond donors (Lipinski definition) is 0. The number of Topliss-reactive ketones (excluding diaryl/α,β-unsaturated/α-hetero) is 1. The highest BCUT2D eigenvalue weighted by Gasteiger charge is 2.31. The predicted octanol–water partition coefficient (Wildman–Crippen LogP) is 4.75. The number of aromatic nitrogens is 2. The molecule has 0 spiro atoms. The molecule has 4 aromatic rings. The van der Waals surface area contributed by atoms with Crippen molar-refractivity contribution < 1.29 is 14.1 Å². The van der Waals surface area contributed by atoms with Crippen LogP contribution in [-0.2, 0) is 0 Å². The molecule has 3 aromatic heterocycles. The molecule has 6 nitrogen and oxygen atoms in total. The lowest BCUT2D eigenvalue weighted by atomic mass is 9.92. The fourth-order valence-corrected chi connectivity index (χ4v) is 5.23. The van der Waals surface area contributed by atoms with Gasteiger partial charge in [-0.3, -0.25) is 9.59 Å². The largest absolute Gasteiger partial charge is 0.355 e. The van der Waals surface area contributed by atoms with E-state index >= 15 is 0 Å². The van der Waals surface area contributed by atoms with Crippen molar-refractivity contribution in [1.82, 2.24) is 15.0 Å². The molecule has 0 bridgehead atoms. The summed E-state index contributed by atoms with van der Waals surface area (Å²) in [4.78, 5) is 32.8. The summed E-state index contributed by atoms with van der Waals surface area (Å²) >= 11 is 2.98. The molecule has 1 saturated heterocycles. The van der Waals surface area contributed by atoms with Crippen LogP contribution < -0.4 is 0 Å². The number of carbonyl (C=O) groups is 2. The number of carbonyl (C=O) groups excluding carboxylic acids is 2. The lowest BCUT2D eigenvalue weighted by Gasteiger charge is -2.30. The molecule has 1 aliphatic rings. The molecule has 0 radical (unpaired) electrons. The fourth-order valence-electron chi connectivity index (χ4n) is 3.57. The Labute approximate surface area is 174 Å². The number of fused-ring (bicyclic) bond motifs is 1. The number of likely N-dealkylation sites (tertiary alicyclic amines) is 1. The first kappa shape index (κ1) is 18.2. The van der Waals surface area contributed by atoms with Crippen molar-refractivity contribution in [2.75, 3.05) is 13.1 Å². The molecule has 0 N–H and O–H groups in total. The number of thiazole rings is 1. The van der Waals surface area contributed by atoms with Crippen molar-refractivity contribution in [3.8, 4) is 10.6 Å². The van der Waals surface area contributed by atoms with Crippen LogP contribution in [-0.4, -0.2) is 39.8 Å². The topological polar surface area (TPSA) is 76.3 Å². The normalized spacial score (nSPS) is 15.1. The Bertz CT molecular complexity index is 1140. The molecular weight excluding hydrogens is 406 g/mol. The van der Waals surface area contributed by atoms with Crippen molar-refractivity contribution in [1.29, 1.82) is 0 Å². The molecule has 1 aliphatic heterocycles. The highest BCUT2D eigenvalue weighted by atomic mass is 32.1. The van der Waals surface area contributed by atoms with Crippen LogP contribution in [0, 0.1) is 5.92 Å². The third-order valence-electron chi connectivity index (χ3n) is 5.15. The van der Waals surface area contributed by atoms with E-state index in [2.05, 4.69) is 10.1 Å². The smallest absolute Gasteiger partial charge is 0.276 e. The first-order valence-corrected chi connectivity index (χ1v) is 11.1. The molecule has 0 aliphatic carbocycles. The average Bonchev–Trinajstić information content (AvgIpc) is 3.52. The zero-order valence-electron chi connectivity index (χ0n) is 15.4. The van der Waals surface area contributed by atoms with Gasteiger partial charge in [-0.1, -0.05) is 23.4 Å². The first-order valence-electron chi connectivity index (χ1n) is 9.39. The number of amides is 1. The van der Waals surface area contributed by atoms with Gasteiger partial charge in [0.05, 0.1) is 15.1 Å². The predicted molar refractivity (Wildman–Crippen MR) is 112 cm³/mol. The van der Waals surface area contributed by atoms with Crippen molar-refractivity contribution in [3.63, 3.8) is 0 Å². The molecule has 1 fully saturated rings. The zero-order chi connectivity index (χ0) is 19.8. The van der Waals surface area contributed by atoms with E-state index in [1.165, 1.54) is 22.7 Å². The molecule has 146 valence electrons. The summed E-state index contributed by atoms with van der Waals surface area (Å²) in [6.45, 7) is 1.06. The summed E-state index contributed by atoms with van der Waals surface area (Å²) < 4.78 is 6.34. The van der Waals surface area contributed by atoms with Crippen molar-refractivity contribution in [3.05, 3.63) is 58.5 Å². The maximum Gasteiger partial charge on any atom is 0.276 e. The number of ketones is 1. The molecule has 0 atom stereocenters. The lowest BCUT2D eigenvalue weighted by Crippen LogP contribution is -2.40. The van der Waals surface area contributed by atoms with E-state index in [9.17, 15) is 9.59 Å². The van der Waals surface area contributed by atoms with E-state index in [4.69, 9.17) is 4.52 Å². The van der Waals surface area contributed by atoms with Gasteiger partial charge in [-0.05, 0) is 36.4 Å². The molecule has 0 unspecified atom stereocenters. The highest BCUT2D eigenvalue weighted by Crippen LogP contribution is 2.29. The van der Waals surface area contributed by atoms with E-state index in [0.717, 1.165) is 15.1 Å². The fraction of sp³-hybridized carbons (Fsp3) is 0.238. The van der Waals surface area contributed by atoms with Crippen LogP contribution in [0.4, 0.5) is 0 Å². The summed E-state index contributed by atoms with van der Waals surface area (Å²) in [5.74, 6) is 0.435. The Hall–Kier alpha value is -2.84. The molecule has 8 heteroatoms. The third kappa shape index (κ3) is 3.49. The first-order chi connectivity index (χ1) is 14.2. The second-order valence-corrected chi connectivity index (χ2v) is 8.95. The molecule has 0 saturated carbocycles. The molecule has 5 rings (SSSR count). The maximum atomic E-state index is 12.9. The Morgan fingerprint density at radius 2 is 1.93 bits per heavy atom. The average molecular weight is 424 g/mol. The molecule has 29 heavy (non-hydrogen) atoms. The SMILES string of the molecule is O=C(c1nc2ccccc2s1)C1CCN(C(=O)c2cc(-c3cccs3)on2)CC1. The maximum absolute atomic E-state index is 12.9. The van der Waals surface area contributed by atoms with Gasteiger partial charge in [-0.25, -0.2) is 4.98 Å². The van der Waals surface area contributed by atoms with Gasteiger partial charge in [-0.15, -0.1) is 22.7 Å². The van der Waals surface area contributed by atoms with Crippen LogP contribution in [0.25, 0.3) is 20.9 Å². The lowest BCUT2D eigenvalue weighted by molar-refractivity contribution is 0.0642. The second-order valence-electron chi connectivity index (χ2n) is 6.97. The van der Waals surface area contributed by atoms with Crippen LogP contribution in [0.15, 0.2) is 52.4 Å². The van der Waals surface area contributed by atoms with Gasteiger partial charge in [-0.2, -0.15) is 0 Å². The summed E-state index contributed by atoms with van der Waals surface area (Å²) in [5, 5.41) is 6.45. The summed E-state index contributed by atoms with van der Waals surface area (Å²) in [5.41, 5.74) is 1.17. The molecular formula is C21H17N3O3S2.